The van der Waals surface area contributed by atoms with E-state index >= 15 is 0 Å². The van der Waals surface area contributed by atoms with Crippen LogP contribution in [0.4, 0.5) is 0 Å². The number of allylic oxidation sites excluding steroid dienone is 2. The topological polar surface area (TPSA) is 26.3 Å². The van der Waals surface area contributed by atoms with Crippen LogP contribution in [0.1, 0.15) is 40.5 Å². The van der Waals surface area contributed by atoms with E-state index in [1.165, 1.54) is 0 Å². The number of ketones is 1. The van der Waals surface area contributed by atoms with Gasteiger partial charge in [-0.3, -0.25) is 4.79 Å². The van der Waals surface area contributed by atoms with Crippen molar-refractivity contribution in [2.45, 2.75) is 40.5 Å². The van der Waals surface area contributed by atoms with Gasteiger partial charge in [0, 0.05) is 6.42 Å². The molecule has 0 saturated heterocycles. The molecule has 0 radical (unpaired) electrons. The Bertz CT molecular complexity index is 249. The molecule has 1 rings (SSSR count). The Hall–Kier alpha value is -0.790. The molecule has 0 aromatic carbocycles. The molecule has 1 aliphatic carbocycles. The number of Topliss-reactive ketones (excluding diaryl/α,β-unsaturated/α-hetero) is 1. The minimum atomic E-state index is 0.113. The molecule has 0 bridgehead atoms. The summed E-state index contributed by atoms with van der Waals surface area (Å²) in [5, 5.41) is 0. The van der Waals surface area contributed by atoms with E-state index in [1.807, 2.05) is 6.08 Å². The van der Waals surface area contributed by atoms with Crippen LogP contribution in [-0.4, -0.2) is 12.4 Å². The summed E-state index contributed by atoms with van der Waals surface area (Å²) in [5.41, 5.74) is 0.113. The lowest BCUT2D eigenvalue weighted by molar-refractivity contribution is -0.121. The molecule has 80 valence electrons. The van der Waals surface area contributed by atoms with Gasteiger partial charge in [0.25, 0.3) is 0 Å². The van der Waals surface area contributed by atoms with E-state index in [-0.39, 0.29) is 11.2 Å². The van der Waals surface area contributed by atoms with E-state index in [2.05, 4.69) is 27.7 Å². The zero-order valence-electron chi connectivity index (χ0n) is 9.59. The fraction of sp³-hybridized carbons (Fsp3) is 0.750. The predicted molar refractivity (Wildman–Crippen MR) is 56.9 cm³/mol. The lowest BCUT2D eigenvalue weighted by atomic mass is 9.80. The molecular formula is C12H20O2. The van der Waals surface area contributed by atoms with Crippen molar-refractivity contribution in [1.82, 2.24) is 0 Å². The molecule has 0 unspecified atom stereocenters. The highest BCUT2D eigenvalue weighted by atomic mass is 16.5. The van der Waals surface area contributed by atoms with Crippen LogP contribution in [0.5, 0.6) is 0 Å². The standard InChI is InChI=1S/C12H20O2/c1-9(2)8-14-11-5-6-12(3,4)7-10(11)13/h5,9H,6-8H2,1-4H3. The monoisotopic (exact) mass is 196 g/mol. The highest BCUT2D eigenvalue weighted by molar-refractivity contribution is 5.94. The minimum Gasteiger partial charge on any atom is -0.490 e. The zero-order chi connectivity index (χ0) is 10.8. The molecule has 0 aromatic rings. The molecule has 0 saturated carbocycles. The Morgan fingerprint density at radius 1 is 1.50 bits per heavy atom. The average Bonchev–Trinajstić information content (AvgIpc) is 2.00. The normalized spacial score (nSPS) is 20.9. The predicted octanol–water partition coefficient (Wildman–Crippen LogP) is 2.93. The first-order valence-corrected chi connectivity index (χ1v) is 5.27. The summed E-state index contributed by atoms with van der Waals surface area (Å²) in [5.74, 6) is 1.21. The van der Waals surface area contributed by atoms with Gasteiger partial charge in [-0.1, -0.05) is 27.7 Å². The molecule has 0 fully saturated rings. The van der Waals surface area contributed by atoms with Crippen LogP contribution in [0, 0.1) is 11.3 Å². The second-order valence-corrected chi connectivity index (χ2v) is 5.24. The summed E-state index contributed by atoms with van der Waals surface area (Å²) in [6.45, 7) is 9.02. The fourth-order valence-corrected chi connectivity index (χ4v) is 1.47. The van der Waals surface area contributed by atoms with Crippen LogP contribution in [-0.2, 0) is 9.53 Å². The van der Waals surface area contributed by atoms with E-state index in [4.69, 9.17) is 4.74 Å². The quantitative estimate of drug-likeness (QED) is 0.693. The SMILES string of the molecule is CC(C)COC1=CCC(C)(C)CC1=O. The van der Waals surface area contributed by atoms with Gasteiger partial charge >= 0.3 is 0 Å². The highest BCUT2D eigenvalue weighted by Crippen LogP contribution is 2.32. The number of carbonyl (C=O) groups is 1. The summed E-state index contributed by atoms with van der Waals surface area (Å²) in [6.07, 6.45) is 3.48. The summed E-state index contributed by atoms with van der Waals surface area (Å²) in [7, 11) is 0. The molecule has 2 nitrogen and oxygen atoms in total. The van der Waals surface area contributed by atoms with Crippen molar-refractivity contribution in [2.75, 3.05) is 6.61 Å². The summed E-state index contributed by atoms with van der Waals surface area (Å²) in [6, 6.07) is 0. The molecule has 0 spiro atoms. The van der Waals surface area contributed by atoms with E-state index in [1.54, 1.807) is 0 Å². The van der Waals surface area contributed by atoms with Crippen molar-refractivity contribution < 1.29 is 9.53 Å². The van der Waals surface area contributed by atoms with E-state index < -0.39 is 0 Å². The molecule has 1 aliphatic rings. The number of hydrogen-bond donors (Lipinski definition) is 0. The maximum Gasteiger partial charge on any atom is 0.197 e. The molecule has 0 aliphatic heterocycles. The van der Waals surface area contributed by atoms with Crippen LogP contribution in [0.25, 0.3) is 0 Å². The van der Waals surface area contributed by atoms with Crippen LogP contribution >= 0.6 is 0 Å². The molecule has 0 N–H and O–H groups in total. The number of rotatable bonds is 3. The van der Waals surface area contributed by atoms with Gasteiger partial charge in [0.15, 0.2) is 11.5 Å². The number of hydrogen-bond acceptors (Lipinski definition) is 2. The Morgan fingerprint density at radius 2 is 2.14 bits per heavy atom. The van der Waals surface area contributed by atoms with Crippen molar-refractivity contribution in [2.24, 2.45) is 11.3 Å². The zero-order valence-corrected chi connectivity index (χ0v) is 9.59. The Kier molecular flexibility index (Phi) is 3.35. The molecule has 0 heterocycles. The molecule has 2 heteroatoms. The van der Waals surface area contributed by atoms with Crippen LogP contribution in [0.3, 0.4) is 0 Å². The van der Waals surface area contributed by atoms with E-state index in [9.17, 15) is 4.79 Å². The third-order valence-electron chi connectivity index (χ3n) is 2.33. The van der Waals surface area contributed by atoms with Gasteiger partial charge in [-0.2, -0.15) is 0 Å². The lowest BCUT2D eigenvalue weighted by Crippen LogP contribution is -2.24. The van der Waals surface area contributed by atoms with E-state index in [0.717, 1.165) is 6.42 Å². The first-order valence-electron chi connectivity index (χ1n) is 5.27. The maximum absolute atomic E-state index is 11.6. The summed E-state index contributed by atoms with van der Waals surface area (Å²) < 4.78 is 5.46. The largest absolute Gasteiger partial charge is 0.490 e. The first-order chi connectivity index (χ1) is 6.41. The molecule has 14 heavy (non-hydrogen) atoms. The Labute approximate surface area is 86.3 Å². The van der Waals surface area contributed by atoms with Crippen LogP contribution in [0.2, 0.25) is 0 Å². The highest BCUT2D eigenvalue weighted by Gasteiger charge is 2.28. The van der Waals surface area contributed by atoms with Crippen molar-refractivity contribution >= 4 is 5.78 Å². The van der Waals surface area contributed by atoms with Gasteiger partial charge in [0.2, 0.25) is 0 Å². The molecule has 0 amide bonds. The van der Waals surface area contributed by atoms with Gasteiger partial charge in [0.05, 0.1) is 6.61 Å². The molecule has 0 aromatic heterocycles. The summed E-state index contributed by atoms with van der Waals surface area (Å²) >= 11 is 0. The van der Waals surface area contributed by atoms with Gasteiger partial charge < -0.3 is 4.74 Å². The average molecular weight is 196 g/mol. The van der Waals surface area contributed by atoms with Gasteiger partial charge in [-0.25, -0.2) is 0 Å². The smallest absolute Gasteiger partial charge is 0.197 e. The second-order valence-electron chi connectivity index (χ2n) is 5.24. The van der Waals surface area contributed by atoms with Crippen LogP contribution in [0.15, 0.2) is 11.8 Å². The van der Waals surface area contributed by atoms with Gasteiger partial charge in [0.1, 0.15) is 0 Å². The Balaban J connectivity index is 2.55. The van der Waals surface area contributed by atoms with Gasteiger partial charge in [-0.15, -0.1) is 0 Å². The van der Waals surface area contributed by atoms with Crippen LogP contribution < -0.4 is 0 Å². The number of ether oxygens (including phenoxy) is 1. The maximum atomic E-state index is 11.6. The van der Waals surface area contributed by atoms with Gasteiger partial charge in [-0.05, 0) is 23.8 Å². The summed E-state index contributed by atoms with van der Waals surface area (Å²) in [4.78, 5) is 11.6. The first kappa shape index (κ1) is 11.3. The van der Waals surface area contributed by atoms with Crippen molar-refractivity contribution in [3.05, 3.63) is 11.8 Å². The lowest BCUT2D eigenvalue weighted by Gasteiger charge is -2.27. The van der Waals surface area contributed by atoms with E-state index in [0.29, 0.717) is 24.7 Å². The molecular weight excluding hydrogens is 176 g/mol. The third kappa shape index (κ3) is 3.17. The third-order valence-corrected chi connectivity index (χ3v) is 2.33. The molecule has 0 atom stereocenters. The van der Waals surface area contributed by atoms with Crippen molar-refractivity contribution in [3.8, 4) is 0 Å². The van der Waals surface area contributed by atoms with Crippen molar-refractivity contribution in [1.29, 1.82) is 0 Å². The minimum absolute atomic E-state index is 0.113. The fourth-order valence-electron chi connectivity index (χ4n) is 1.47. The number of carbonyl (C=O) groups excluding carboxylic acids is 1. The second kappa shape index (κ2) is 4.16. The Morgan fingerprint density at radius 3 is 2.64 bits per heavy atom. The van der Waals surface area contributed by atoms with Crippen molar-refractivity contribution in [3.63, 3.8) is 0 Å².